The minimum Gasteiger partial charge on any atom is -0.356 e. The van der Waals surface area contributed by atoms with Crippen LogP contribution in [0.1, 0.15) is 29.9 Å². The Morgan fingerprint density at radius 1 is 0.947 bits per heavy atom. The van der Waals surface area contributed by atoms with Crippen LogP contribution >= 0.6 is 0 Å². The van der Waals surface area contributed by atoms with E-state index in [-0.39, 0.29) is 0 Å². The highest BCUT2D eigenvalue weighted by Gasteiger charge is 2.16. The Labute approximate surface area is 113 Å². The van der Waals surface area contributed by atoms with Crippen molar-refractivity contribution in [1.29, 1.82) is 0 Å². The van der Waals surface area contributed by atoms with Crippen LogP contribution in [0.15, 0.2) is 12.1 Å². The normalized spacial score (nSPS) is 15.2. The molecule has 0 radical (unpaired) electrons. The molecule has 100 valence electrons. The Hall–Kier alpha value is -1.91. The Balaban J connectivity index is 2.04. The molecule has 0 aliphatic carbocycles. The number of anilines is 1. The molecular weight excluding hydrogens is 238 g/mol. The van der Waals surface area contributed by atoms with Crippen molar-refractivity contribution in [3.05, 3.63) is 29.2 Å². The van der Waals surface area contributed by atoms with Crippen molar-refractivity contribution in [2.24, 2.45) is 0 Å². The molecule has 1 fully saturated rings. The lowest BCUT2D eigenvalue weighted by Crippen LogP contribution is -2.20. The lowest BCUT2D eigenvalue weighted by atomic mass is 10.4. The first-order valence-electron chi connectivity index (χ1n) is 6.78. The molecule has 19 heavy (non-hydrogen) atoms. The average Bonchev–Trinajstić information content (AvgIpc) is 2.98. The maximum Gasteiger partial charge on any atom is 0.252 e. The largest absolute Gasteiger partial charge is 0.356 e. The molecule has 2 aromatic heterocycles. The monoisotopic (exact) mass is 257 g/mol. The third-order valence-corrected chi connectivity index (χ3v) is 3.46. The van der Waals surface area contributed by atoms with E-state index in [1.165, 1.54) is 12.8 Å². The van der Waals surface area contributed by atoms with Gasteiger partial charge in [0.05, 0.1) is 5.69 Å². The number of hydrogen-bond donors (Lipinski definition) is 0. The molecule has 0 atom stereocenters. The number of aromatic nitrogens is 4. The van der Waals surface area contributed by atoms with E-state index in [9.17, 15) is 0 Å². The second kappa shape index (κ2) is 4.64. The molecule has 0 amide bonds. The fourth-order valence-corrected chi connectivity index (χ4v) is 2.57. The highest BCUT2D eigenvalue weighted by molar-refractivity contribution is 5.42. The lowest BCUT2D eigenvalue weighted by molar-refractivity contribution is 0.762. The summed E-state index contributed by atoms with van der Waals surface area (Å²) in [5.41, 5.74) is 3.04. The van der Waals surface area contributed by atoms with Crippen molar-refractivity contribution in [1.82, 2.24) is 19.7 Å². The predicted molar refractivity (Wildman–Crippen MR) is 74.8 cm³/mol. The smallest absolute Gasteiger partial charge is 0.252 e. The van der Waals surface area contributed by atoms with Crippen molar-refractivity contribution in [3.63, 3.8) is 0 Å². The van der Waals surface area contributed by atoms with Crippen molar-refractivity contribution >= 4 is 5.82 Å². The maximum atomic E-state index is 4.68. The van der Waals surface area contributed by atoms with Crippen LogP contribution in [0.25, 0.3) is 5.95 Å². The molecule has 0 unspecified atom stereocenters. The van der Waals surface area contributed by atoms with Gasteiger partial charge in [0, 0.05) is 30.5 Å². The van der Waals surface area contributed by atoms with Gasteiger partial charge in [-0.15, -0.1) is 0 Å². The first-order valence-corrected chi connectivity index (χ1v) is 6.78. The van der Waals surface area contributed by atoms with Crippen LogP contribution in [-0.2, 0) is 0 Å². The van der Waals surface area contributed by atoms with E-state index < -0.39 is 0 Å². The molecule has 0 bridgehead atoms. The molecule has 0 spiro atoms. The Bertz CT molecular complexity index is 596. The van der Waals surface area contributed by atoms with Crippen molar-refractivity contribution < 1.29 is 0 Å². The highest BCUT2D eigenvalue weighted by Crippen LogP contribution is 2.20. The minimum absolute atomic E-state index is 0.674. The summed E-state index contributed by atoms with van der Waals surface area (Å²) in [5, 5.41) is 4.46. The van der Waals surface area contributed by atoms with Crippen LogP contribution in [0.5, 0.6) is 0 Å². The van der Waals surface area contributed by atoms with E-state index in [1.54, 1.807) is 0 Å². The molecule has 1 aliphatic rings. The highest BCUT2D eigenvalue weighted by atomic mass is 15.4. The topological polar surface area (TPSA) is 46.8 Å². The fourth-order valence-electron chi connectivity index (χ4n) is 2.57. The first-order chi connectivity index (χ1) is 9.13. The number of aryl methyl sites for hydroxylation is 3. The van der Waals surface area contributed by atoms with Gasteiger partial charge in [-0.25, -0.2) is 9.67 Å². The summed E-state index contributed by atoms with van der Waals surface area (Å²) in [6, 6.07) is 4.10. The Kier molecular flexibility index (Phi) is 2.97. The van der Waals surface area contributed by atoms with Gasteiger partial charge < -0.3 is 4.90 Å². The molecule has 0 N–H and O–H groups in total. The predicted octanol–water partition coefficient (Wildman–Crippen LogP) is 2.19. The van der Waals surface area contributed by atoms with Gasteiger partial charge in [0.1, 0.15) is 5.82 Å². The number of nitrogens with zero attached hydrogens (tertiary/aromatic N) is 5. The van der Waals surface area contributed by atoms with E-state index >= 15 is 0 Å². The van der Waals surface area contributed by atoms with Crippen LogP contribution in [0.2, 0.25) is 0 Å². The van der Waals surface area contributed by atoms with Crippen LogP contribution in [0.3, 0.4) is 0 Å². The second-order valence-electron chi connectivity index (χ2n) is 5.20. The third-order valence-electron chi connectivity index (χ3n) is 3.46. The van der Waals surface area contributed by atoms with Crippen LogP contribution in [-0.4, -0.2) is 32.8 Å². The molecule has 5 heteroatoms. The summed E-state index contributed by atoms with van der Waals surface area (Å²) in [7, 11) is 0. The van der Waals surface area contributed by atoms with E-state index in [4.69, 9.17) is 0 Å². The molecule has 3 rings (SSSR count). The Morgan fingerprint density at radius 3 is 2.32 bits per heavy atom. The van der Waals surface area contributed by atoms with E-state index in [0.29, 0.717) is 5.95 Å². The molecule has 1 saturated heterocycles. The minimum atomic E-state index is 0.674. The maximum absolute atomic E-state index is 4.68. The molecular formula is C14H19N5. The van der Waals surface area contributed by atoms with Gasteiger partial charge in [0.15, 0.2) is 0 Å². The van der Waals surface area contributed by atoms with Crippen LogP contribution in [0.4, 0.5) is 5.82 Å². The van der Waals surface area contributed by atoms with Gasteiger partial charge in [-0.05, 0) is 39.7 Å². The van der Waals surface area contributed by atoms with E-state index in [1.807, 2.05) is 31.5 Å². The molecule has 3 heterocycles. The lowest BCUT2D eigenvalue weighted by Gasteiger charge is -2.17. The SMILES string of the molecule is Cc1cc(N2CCCC2)nc(-n2nc(C)cc2C)n1. The van der Waals surface area contributed by atoms with Gasteiger partial charge in [-0.2, -0.15) is 10.1 Å². The molecule has 5 nitrogen and oxygen atoms in total. The van der Waals surface area contributed by atoms with Crippen molar-refractivity contribution in [2.45, 2.75) is 33.6 Å². The quantitative estimate of drug-likeness (QED) is 0.827. The fraction of sp³-hybridized carbons (Fsp3) is 0.500. The average molecular weight is 257 g/mol. The van der Waals surface area contributed by atoms with Gasteiger partial charge in [-0.1, -0.05) is 0 Å². The van der Waals surface area contributed by atoms with Crippen molar-refractivity contribution in [2.75, 3.05) is 18.0 Å². The zero-order valence-electron chi connectivity index (χ0n) is 11.7. The summed E-state index contributed by atoms with van der Waals surface area (Å²) in [6.07, 6.45) is 2.50. The van der Waals surface area contributed by atoms with Gasteiger partial charge in [0.25, 0.3) is 5.95 Å². The summed E-state index contributed by atoms with van der Waals surface area (Å²) < 4.78 is 1.82. The Morgan fingerprint density at radius 2 is 1.68 bits per heavy atom. The second-order valence-corrected chi connectivity index (χ2v) is 5.20. The molecule has 2 aromatic rings. The summed E-state index contributed by atoms with van der Waals surface area (Å²) in [5.74, 6) is 1.69. The number of hydrogen-bond acceptors (Lipinski definition) is 4. The zero-order valence-corrected chi connectivity index (χ0v) is 11.7. The van der Waals surface area contributed by atoms with E-state index in [2.05, 4.69) is 26.0 Å². The molecule has 0 aromatic carbocycles. The van der Waals surface area contributed by atoms with Gasteiger partial charge in [-0.3, -0.25) is 0 Å². The summed E-state index contributed by atoms with van der Waals surface area (Å²) in [6.45, 7) is 8.21. The van der Waals surface area contributed by atoms with Crippen molar-refractivity contribution in [3.8, 4) is 5.95 Å². The zero-order chi connectivity index (χ0) is 13.4. The van der Waals surface area contributed by atoms with E-state index in [0.717, 1.165) is 36.0 Å². The summed E-state index contributed by atoms with van der Waals surface area (Å²) in [4.78, 5) is 11.5. The summed E-state index contributed by atoms with van der Waals surface area (Å²) >= 11 is 0. The van der Waals surface area contributed by atoms with Gasteiger partial charge in [0.2, 0.25) is 0 Å². The van der Waals surface area contributed by atoms with Crippen LogP contribution < -0.4 is 4.90 Å². The third kappa shape index (κ3) is 2.32. The molecule has 0 saturated carbocycles. The molecule has 1 aliphatic heterocycles. The van der Waals surface area contributed by atoms with Crippen LogP contribution in [0, 0.1) is 20.8 Å². The first kappa shape index (κ1) is 12.1. The number of rotatable bonds is 2. The standard InChI is InChI=1S/C14H19N5/c1-10-9-13(18-6-4-5-7-18)16-14(15-10)19-12(3)8-11(2)17-19/h8-9H,4-7H2,1-3H3. The van der Waals surface area contributed by atoms with Gasteiger partial charge >= 0.3 is 0 Å².